The van der Waals surface area contributed by atoms with E-state index in [9.17, 15) is 0 Å². The van der Waals surface area contributed by atoms with Crippen molar-refractivity contribution in [1.82, 2.24) is 0 Å². The van der Waals surface area contributed by atoms with E-state index in [1.54, 1.807) is 14.2 Å². The Kier molecular flexibility index (Phi) is 16.2. The Hall–Kier alpha value is -6.48. The molecule has 4 heterocycles. The van der Waals surface area contributed by atoms with Crippen molar-refractivity contribution in [3.05, 3.63) is 177 Å². The lowest BCUT2D eigenvalue weighted by atomic mass is 10.0. The summed E-state index contributed by atoms with van der Waals surface area (Å²) in [7, 11) is 3.40. The van der Waals surface area contributed by atoms with Gasteiger partial charge in [-0.3, -0.25) is 0 Å². The molecule has 360 valence electrons. The van der Waals surface area contributed by atoms with Crippen LogP contribution >= 0.6 is 31.9 Å². The summed E-state index contributed by atoms with van der Waals surface area (Å²) in [5.41, 5.74) is 19.9. The number of hydrogen-bond donors (Lipinski definition) is 0. The van der Waals surface area contributed by atoms with Crippen LogP contribution in [0.5, 0.6) is 11.5 Å². The second-order valence-corrected chi connectivity index (χ2v) is 17.9. The normalized spacial score (nSPS) is 10.9. The summed E-state index contributed by atoms with van der Waals surface area (Å²) in [5.74, 6) is 5.44. The van der Waals surface area contributed by atoms with Crippen LogP contribution in [-0.2, 0) is 0 Å². The van der Waals surface area contributed by atoms with Crippen LogP contribution in [0.1, 0.15) is 55.6 Å². The number of hydrogen-bond acceptors (Lipinski definition) is 6. The Morgan fingerprint density at radius 3 is 0.729 bits per heavy atom. The largest absolute Gasteiger partial charge is 0.496 e. The van der Waals surface area contributed by atoms with Crippen LogP contribution in [0.25, 0.3) is 87.8 Å². The summed E-state index contributed by atoms with van der Waals surface area (Å²) >= 11 is 5.88. The average Bonchev–Trinajstić information content (AvgIpc) is 4.08. The molecular formula is C62H62Br2O6. The summed E-state index contributed by atoms with van der Waals surface area (Å²) in [6, 6.07) is 42.1. The SMILES string of the molecule is CBr.CBr.COc1cc2c(cc1C)oc1cc(C)c(C)cc12.COc1cc2c(cc1C)oc1cc(C)c(C)cc12.Cc1ccc2c(c1)oc1cc(C)ccc12.Cc1ccc2c(c1)oc1cc(C)ccc12. The van der Waals surface area contributed by atoms with Crippen LogP contribution in [0, 0.1) is 69.2 Å². The van der Waals surface area contributed by atoms with Gasteiger partial charge in [0.2, 0.25) is 0 Å². The number of halogens is 2. The highest BCUT2D eigenvalue weighted by Gasteiger charge is 2.14. The summed E-state index contributed by atoms with van der Waals surface area (Å²) in [6.07, 6.45) is 0. The summed E-state index contributed by atoms with van der Waals surface area (Å²) in [4.78, 5) is 0. The summed E-state index contributed by atoms with van der Waals surface area (Å²) < 4.78 is 34.2. The van der Waals surface area contributed by atoms with Gasteiger partial charge in [-0.25, -0.2) is 0 Å². The molecule has 8 aromatic carbocycles. The molecule has 8 heteroatoms. The highest BCUT2D eigenvalue weighted by Crippen LogP contribution is 2.37. The number of furan rings is 4. The topological polar surface area (TPSA) is 71.0 Å². The molecule has 0 aliphatic carbocycles. The molecule has 0 saturated heterocycles. The first-order chi connectivity index (χ1) is 33.7. The predicted octanol–water partition coefficient (Wildman–Crippen LogP) is 19.5. The first-order valence-corrected chi connectivity index (χ1v) is 26.4. The number of methoxy groups -OCH3 is 2. The maximum atomic E-state index is 5.91. The smallest absolute Gasteiger partial charge is 0.135 e. The summed E-state index contributed by atoms with van der Waals surface area (Å²) in [5, 5.41) is 9.38. The van der Waals surface area contributed by atoms with Gasteiger partial charge in [-0.2, -0.15) is 0 Å². The number of fused-ring (bicyclic) bond motifs is 12. The van der Waals surface area contributed by atoms with Gasteiger partial charge in [0.05, 0.1) is 14.2 Å². The molecule has 0 unspecified atom stereocenters. The van der Waals surface area contributed by atoms with Crippen molar-refractivity contribution in [2.24, 2.45) is 0 Å². The maximum Gasteiger partial charge on any atom is 0.135 e. The van der Waals surface area contributed by atoms with Crippen LogP contribution in [0.2, 0.25) is 0 Å². The van der Waals surface area contributed by atoms with E-state index in [1.807, 2.05) is 37.6 Å². The molecule has 0 bridgehead atoms. The standard InChI is InChI=1S/2C16H16O2.2C14H12O.2CH3Br/c2*1-9-5-12-13-8-14(17-4)11(3)7-16(13)18-15(12)6-10(9)2;2*1-9-3-5-11-12-6-4-10(2)8-14(12)15-13(11)7-9;2*1-2/h2*5-8H,1-4H3;2*3-8H,1-2H3;2*1H3. The maximum absolute atomic E-state index is 5.91. The second kappa shape index (κ2) is 22.1. The van der Waals surface area contributed by atoms with Crippen molar-refractivity contribution in [1.29, 1.82) is 0 Å². The molecule has 6 nitrogen and oxygen atoms in total. The third-order valence-corrected chi connectivity index (χ3v) is 12.8. The number of alkyl halides is 2. The van der Waals surface area contributed by atoms with E-state index in [0.29, 0.717) is 0 Å². The first-order valence-electron chi connectivity index (χ1n) is 23.2. The average molecular weight is 1060 g/mol. The molecule has 12 aromatic rings. The Bertz CT molecular complexity index is 3440. The van der Waals surface area contributed by atoms with Crippen molar-refractivity contribution in [2.45, 2.75) is 69.2 Å². The van der Waals surface area contributed by atoms with Gasteiger partial charge >= 0.3 is 0 Å². The molecule has 0 fully saturated rings. The van der Waals surface area contributed by atoms with E-state index in [-0.39, 0.29) is 0 Å². The Morgan fingerprint density at radius 1 is 0.257 bits per heavy atom. The summed E-state index contributed by atoms with van der Waals surface area (Å²) in [6.45, 7) is 20.8. The van der Waals surface area contributed by atoms with Crippen molar-refractivity contribution >= 4 is 120 Å². The quantitative estimate of drug-likeness (QED) is 0.161. The van der Waals surface area contributed by atoms with Crippen LogP contribution < -0.4 is 9.47 Å². The Labute approximate surface area is 427 Å². The molecule has 0 radical (unpaired) electrons. The van der Waals surface area contributed by atoms with Crippen molar-refractivity contribution in [3.8, 4) is 11.5 Å². The Balaban J connectivity index is 0.000000135. The lowest BCUT2D eigenvalue weighted by Crippen LogP contribution is -1.86. The molecule has 70 heavy (non-hydrogen) atoms. The van der Waals surface area contributed by atoms with Crippen molar-refractivity contribution in [2.75, 3.05) is 25.9 Å². The van der Waals surface area contributed by atoms with Crippen LogP contribution in [-0.4, -0.2) is 25.9 Å². The van der Waals surface area contributed by atoms with Gasteiger partial charge in [0.1, 0.15) is 56.2 Å². The lowest BCUT2D eigenvalue weighted by Gasteiger charge is -2.03. The number of rotatable bonds is 2. The van der Waals surface area contributed by atoms with E-state index >= 15 is 0 Å². The predicted molar refractivity (Wildman–Crippen MR) is 305 cm³/mol. The van der Waals surface area contributed by atoms with Crippen LogP contribution in [0.4, 0.5) is 0 Å². The molecule has 0 spiro atoms. The van der Waals surface area contributed by atoms with Crippen LogP contribution in [0.15, 0.2) is 139 Å². The fraction of sp³-hybridized carbons (Fsp3) is 0.226. The van der Waals surface area contributed by atoms with Crippen molar-refractivity contribution in [3.63, 3.8) is 0 Å². The van der Waals surface area contributed by atoms with Gasteiger partial charge in [-0.15, -0.1) is 0 Å². The van der Waals surface area contributed by atoms with Gasteiger partial charge in [0.15, 0.2) is 0 Å². The number of benzene rings is 8. The van der Waals surface area contributed by atoms with E-state index in [2.05, 4.69) is 196 Å². The number of aryl methyl sites for hydroxylation is 10. The van der Waals surface area contributed by atoms with Gasteiger partial charge in [-0.05, 0) is 209 Å². The second-order valence-electron chi connectivity index (χ2n) is 17.9. The minimum atomic E-state index is 0.906. The molecule has 0 aliphatic rings. The minimum Gasteiger partial charge on any atom is -0.496 e. The van der Waals surface area contributed by atoms with Gasteiger partial charge in [0.25, 0.3) is 0 Å². The molecule has 0 N–H and O–H groups in total. The minimum absolute atomic E-state index is 0.906. The zero-order valence-corrected chi connectivity index (χ0v) is 45.9. The zero-order valence-electron chi connectivity index (χ0n) is 42.8. The molecule has 0 saturated carbocycles. The molecule has 0 amide bonds. The lowest BCUT2D eigenvalue weighted by molar-refractivity contribution is 0.412. The van der Waals surface area contributed by atoms with E-state index in [1.165, 1.54) is 66.1 Å². The molecule has 4 aromatic heterocycles. The molecular weight excluding hydrogens is 1000 g/mol. The van der Waals surface area contributed by atoms with Crippen LogP contribution in [0.3, 0.4) is 0 Å². The molecule has 12 rings (SSSR count). The van der Waals surface area contributed by atoms with Crippen molar-refractivity contribution < 1.29 is 27.1 Å². The van der Waals surface area contributed by atoms with E-state index in [0.717, 1.165) is 88.8 Å². The monoisotopic (exact) mass is 1060 g/mol. The van der Waals surface area contributed by atoms with Gasteiger partial charge in [-0.1, -0.05) is 80.4 Å². The third kappa shape index (κ3) is 10.6. The third-order valence-electron chi connectivity index (χ3n) is 12.8. The number of ether oxygens (including phenoxy) is 2. The highest BCUT2D eigenvalue weighted by molar-refractivity contribution is 9.09. The van der Waals surface area contributed by atoms with Gasteiger partial charge in [0, 0.05) is 43.1 Å². The first kappa shape index (κ1) is 51.4. The molecule has 0 aliphatic heterocycles. The van der Waals surface area contributed by atoms with E-state index < -0.39 is 0 Å². The fourth-order valence-electron chi connectivity index (χ4n) is 8.74. The van der Waals surface area contributed by atoms with Gasteiger partial charge < -0.3 is 27.1 Å². The van der Waals surface area contributed by atoms with E-state index in [4.69, 9.17) is 27.1 Å². The Morgan fingerprint density at radius 2 is 0.471 bits per heavy atom. The fourth-order valence-corrected chi connectivity index (χ4v) is 8.74. The highest BCUT2D eigenvalue weighted by atomic mass is 79.9. The zero-order chi connectivity index (χ0) is 50.6. The molecule has 0 atom stereocenters.